The van der Waals surface area contributed by atoms with E-state index in [0.29, 0.717) is 31.2 Å². The molecule has 0 spiro atoms. The van der Waals surface area contributed by atoms with Crippen LogP contribution in [0.15, 0.2) is 28.8 Å². The second-order valence-electron chi connectivity index (χ2n) is 4.36. The van der Waals surface area contributed by atoms with Gasteiger partial charge in [-0.3, -0.25) is 0 Å². The minimum atomic E-state index is -0.364. The molecule has 0 saturated heterocycles. The Kier molecular flexibility index (Phi) is 4.52. The number of ether oxygens (including phenoxy) is 1. The lowest BCUT2D eigenvalue weighted by Gasteiger charge is -2.03. The van der Waals surface area contributed by atoms with Gasteiger partial charge in [-0.25, -0.2) is 0 Å². The van der Waals surface area contributed by atoms with E-state index in [1.165, 1.54) is 0 Å². The fourth-order valence-electron chi connectivity index (χ4n) is 1.70. The standard InChI is InChI=1S/C14H18N2O3/c1-3-18-12-6-4-5-11(9-12)14-15-13(19-16-14)8-7-10(2)17/h4-6,9-10,17H,3,7-8H2,1-2H3. The summed E-state index contributed by atoms with van der Waals surface area (Å²) in [5, 5.41) is 13.2. The zero-order valence-corrected chi connectivity index (χ0v) is 11.2. The Labute approximate surface area is 112 Å². The van der Waals surface area contributed by atoms with Gasteiger partial charge in [0.25, 0.3) is 0 Å². The summed E-state index contributed by atoms with van der Waals surface area (Å²) in [5.41, 5.74) is 0.859. The van der Waals surface area contributed by atoms with Crippen LogP contribution in [0.25, 0.3) is 11.4 Å². The molecule has 1 aromatic heterocycles. The summed E-state index contributed by atoms with van der Waals surface area (Å²) in [5.74, 6) is 1.87. The van der Waals surface area contributed by atoms with E-state index in [1.807, 2.05) is 31.2 Å². The summed E-state index contributed by atoms with van der Waals surface area (Å²) in [6, 6.07) is 7.58. The molecule has 0 saturated carbocycles. The van der Waals surface area contributed by atoms with Crippen LogP contribution in [0, 0.1) is 0 Å². The fourth-order valence-corrected chi connectivity index (χ4v) is 1.70. The van der Waals surface area contributed by atoms with E-state index in [-0.39, 0.29) is 6.10 Å². The van der Waals surface area contributed by atoms with Gasteiger partial charge in [0.2, 0.25) is 11.7 Å². The van der Waals surface area contributed by atoms with Crippen molar-refractivity contribution in [3.8, 4) is 17.1 Å². The van der Waals surface area contributed by atoms with E-state index in [1.54, 1.807) is 6.92 Å². The predicted molar refractivity (Wildman–Crippen MR) is 70.9 cm³/mol. The Morgan fingerprint density at radius 1 is 1.42 bits per heavy atom. The largest absolute Gasteiger partial charge is 0.494 e. The van der Waals surface area contributed by atoms with Gasteiger partial charge in [-0.2, -0.15) is 4.98 Å². The third-order valence-electron chi connectivity index (χ3n) is 2.65. The van der Waals surface area contributed by atoms with E-state index in [9.17, 15) is 5.11 Å². The molecule has 0 aliphatic rings. The first-order valence-electron chi connectivity index (χ1n) is 6.43. The van der Waals surface area contributed by atoms with Crippen LogP contribution < -0.4 is 4.74 Å². The van der Waals surface area contributed by atoms with Crippen molar-refractivity contribution < 1.29 is 14.4 Å². The first-order chi connectivity index (χ1) is 9.19. The van der Waals surface area contributed by atoms with Gasteiger partial charge in [0.15, 0.2) is 0 Å². The monoisotopic (exact) mass is 262 g/mol. The minimum Gasteiger partial charge on any atom is -0.494 e. The average molecular weight is 262 g/mol. The fraction of sp³-hybridized carbons (Fsp3) is 0.429. The van der Waals surface area contributed by atoms with Crippen molar-refractivity contribution in [2.75, 3.05) is 6.61 Å². The van der Waals surface area contributed by atoms with E-state index >= 15 is 0 Å². The van der Waals surface area contributed by atoms with Crippen LogP contribution in [0.1, 0.15) is 26.2 Å². The van der Waals surface area contributed by atoms with Crippen molar-refractivity contribution in [3.63, 3.8) is 0 Å². The van der Waals surface area contributed by atoms with Crippen molar-refractivity contribution in [1.82, 2.24) is 10.1 Å². The van der Waals surface area contributed by atoms with Crippen molar-refractivity contribution >= 4 is 0 Å². The van der Waals surface area contributed by atoms with Crippen molar-refractivity contribution in [3.05, 3.63) is 30.2 Å². The molecule has 0 bridgehead atoms. The third-order valence-corrected chi connectivity index (χ3v) is 2.65. The molecule has 19 heavy (non-hydrogen) atoms. The van der Waals surface area contributed by atoms with E-state index < -0.39 is 0 Å². The number of aryl methyl sites for hydroxylation is 1. The van der Waals surface area contributed by atoms with Gasteiger partial charge in [0.1, 0.15) is 5.75 Å². The Balaban J connectivity index is 2.11. The van der Waals surface area contributed by atoms with Crippen LogP contribution in [0.4, 0.5) is 0 Å². The summed E-state index contributed by atoms with van der Waals surface area (Å²) < 4.78 is 10.6. The first-order valence-corrected chi connectivity index (χ1v) is 6.43. The molecular formula is C14H18N2O3. The van der Waals surface area contributed by atoms with Gasteiger partial charge in [0, 0.05) is 12.0 Å². The summed E-state index contributed by atoms with van der Waals surface area (Å²) in [7, 11) is 0. The molecule has 102 valence electrons. The molecular weight excluding hydrogens is 244 g/mol. The van der Waals surface area contributed by atoms with Crippen molar-refractivity contribution in [2.45, 2.75) is 32.8 Å². The highest BCUT2D eigenvalue weighted by molar-refractivity contribution is 5.56. The number of hydrogen-bond donors (Lipinski definition) is 1. The van der Waals surface area contributed by atoms with Crippen LogP contribution >= 0.6 is 0 Å². The number of rotatable bonds is 6. The average Bonchev–Trinajstić information content (AvgIpc) is 2.86. The molecule has 1 aromatic carbocycles. The van der Waals surface area contributed by atoms with E-state index in [2.05, 4.69) is 10.1 Å². The second kappa shape index (κ2) is 6.33. The van der Waals surface area contributed by atoms with Gasteiger partial charge in [-0.15, -0.1) is 0 Å². The van der Waals surface area contributed by atoms with Crippen molar-refractivity contribution in [2.24, 2.45) is 0 Å². The summed E-state index contributed by atoms with van der Waals surface area (Å²) >= 11 is 0. The lowest BCUT2D eigenvalue weighted by atomic mass is 10.2. The van der Waals surface area contributed by atoms with Gasteiger partial charge < -0.3 is 14.4 Å². The Hall–Kier alpha value is -1.88. The predicted octanol–water partition coefficient (Wildman–Crippen LogP) is 2.45. The van der Waals surface area contributed by atoms with Crippen LogP contribution in [0.2, 0.25) is 0 Å². The highest BCUT2D eigenvalue weighted by atomic mass is 16.5. The lowest BCUT2D eigenvalue weighted by Crippen LogP contribution is -2.01. The maximum absolute atomic E-state index is 9.23. The maximum atomic E-state index is 9.23. The summed E-state index contributed by atoms with van der Waals surface area (Å²) in [6.07, 6.45) is 0.827. The molecule has 1 heterocycles. The maximum Gasteiger partial charge on any atom is 0.227 e. The van der Waals surface area contributed by atoms with Crippen molar-refractivity contribution in [1.29, 1.82) is 0 Å². The molecule has 0 aliphatic heterocycles. The van der Waals surface area contributed by atoms with Crippen LogP contribution in [0.5, 0.6) is 5.75 Å². The van der Waals surface area contributed by atoms with Crippen LogP contribution in [0.3, 0.4) is 0 Å². The van der Waals surface area contributed by atoms with Gasteiger partial charge >= 0.3 is 0 Å². The number of benzene rings is 1. The zero-order chi connectivity index (χ0) is 13.7. The second-order valence-corrected chi connectivity index (χ2v) is 4.36. The number of hydrogen-bond acceptors (Lipinski definition) is 5. The van der Waals surface area contributed by atoms with Gasteiger partial charge in [-0.05, 0) is 32.4 Å². The van der Waals surface area contributed by atoms with Crippen LogP contribution in [-0.4, -0.2) is 28.0 Å². The SMILES string of the molecule is CCOc1cccc(-c2noc(CCC(C)O)n2)c1. The Morgan fingerprint density at radius 2 is 2.26 bits per heavy atom. The molecule has 1 unspecified atom stereocenters. The molecule has 0 fully saturated rings. The lowest BCUT2D eigenvalue weighted by molar-refractivity contribution is 0.180. The zero-order valence-electron chi connectivity index (χ0n) is 11.2. The summed E-state index contributed by atoms with van der Waals surface area (Å²) in [6.45, 7) is 4.30. The van der Waals surface area contributed by atoms with E-state index in [4.69, 9.17) is 9.26 Å². The normalized spacial score (nSPS) is 12.4. The topological polar surface area (TPSA) is 68.4 Å². The smallest absolute Gasteiger partial charge is 0.227 e. The number of aromatic nitrogens is 2. The first kappa shape index (κ1) is 13.5. The minimum absolute atomic E-state index is 0.364. The number of nitrogens with zero attached hydrogens (tertiary/aromatic N) is 2. The van der Waals surface area contributed by atoms with Gasteiger partial charge in [0.05, 0.1) is 12.7 Å². The molecule has 0 radical (unpaired) electrons. The molecule has 1 atom stereocenters. The molecule has 1 N–H and O–H groups in total. The highest BCUT2D eigenvalue weighted by Crippen LogP contribution is 2.21. The van der Waals surface area contributed by atoms with Crippen LogP contribution in [-0.2, 0) is 6.42 Å². The molecule has 0 amide bonds. The molecule has 5 nitrogen and oxygen atoms in total. The van der Waals surface area contributed by atoms with E-state index in [0.717, 1.165) is 11.3 Å². The molecule has 5 heteroatoms. The quantitative estimate of drug-likeness (QED) is 0.866. The molecule has 0 aliphatic carbocycles. The third kappa shape index (κ3) is 3.79. The number of aliphatic hydroxyl groups is 1. The Bertz CT molecular complexity index is 523. The molecule has 2 aromatic rings. The summed E-state index contributed by atoms with van der Waals surface area (Å²) in [4.78, 5) is 4.31. The molecule has 2 rings (SSSR count). The number of aliphatic hydroxyl groups excluding tert-OH is 1. The Morgan fingerprint density at radius 3 is 3.00 bits per heavy atom. The van der Waals surface area contributed by atoms with Gasteiger partial charge in [-0.1, -0.05) is 17.3 Å². The highest BCUT2D eigenvalue weighted by Gasteiger charge is 2.10.